The highest BCUT2D eigenvalue weighted by Gasteiger charge is 2.48. The van der Waals surface area contributed by atoms with Crippen LogP contribution in [0.5, 0.6) is 0 Å². The maximum Gasteiger partial charge on any atom is 0.326 e. The molecule has 1 saturated carbocycles. The summed E-state index contributed by atoms with van der Waals surface area (Å²) in [5.74, 6) is -0.840. The Kier molecular flexibility index (Phi) is 3.50. The molecule has 1 aliphatic carbocycles. The molecule has 0 aromatic heterocycles. The minimum Gasteiger partial charge on any atom is -0.480 e. The number of carboxylic acids is 1. The van der Waals surface area contributed by atoms with E-state index in [1.807, 2.05) is 13.8 Å². The van der Waals surface area contributed by atoms with Gasteiger partial charge in [0.1, 0.15) is 5.54 Å². The highest BCUT2D eigenvalue weighted by atomic mass is 16.5. The van der Waals surface area contributed by atoms with Gasteiger partial charge in [-0.1, -0.05) is 6.92 Å². The largest absolute Gasteiger partial charge is 0.480 e. The quantitative estimate of drug-likeness (QED) is 0.672. The van der Waals surface area contributed by atoms with Gasteiger partial charge >= 0.3 is 5.97 Å². The SMILES string of the molecule is CCC(C)OCC(N)(C(=O)O)C1CC1. The molecular weight excluding hydrogens is 182 g/mol. The zero-order valence-electron chi connectivity index (χ0n) is 8.82. The van der Waals surface area contributed by atoms with Gasteiger partial charge in [-0.25, -0.2) is 0 Å². The molecule has 0 saturated heterocycles. The molecule has 4 nitrogen and oxygen atoms in total. The fraction of sp³-hybridized carbons (Fsp3) is 0.900. The van der Waals surface area contributed by atoms with Crippen LogP contribution < -0.4 is 5.73 Å². The van der Waals surface area contributed by atoms with Crippen LogP contribution in [0.4, 0.5) is 0 Å². The second-order valence-electron chi connectivity index (χ2n) is 4.15. The van der Waals surface area contributed by atoms with Gasteiger partial charge in [-0.05, 0) is 32.1 Å². The number of hydrogen-bond acceptors (Lipinski definition) is 3. The van der Waals surface area contributed by atoms with E-state index in [2.05, 4.69) is 0 Å². The Labute approximate surface area is 84.4 Å². The van der Waals surface area contributed by atoms with Gasteiger partial charge in [0, 0.05) is 0 Å². The van der Waals surface area contributed by atoms with Gasteiger partial charge in [-0.15, -0.1) is 0 Å². The van der Waals surface area contributed by atoms with Crippen LogP contribution in [0.2, 0.25) is 0 Å². The van der Waals surface area contributed by atoms with E-state index in [1.54, 1.807) is 0 Å². The minimum absolute atomic E-state index is 0.0797. The van der Waals surface area contributed by atoms with Crippen LogP contribution in [0.3, 0.4) is 0 Å². The molecule has 1 rings (SSSR count). The van der Waals surface area contributed by atoms with E-state index >= 15 is 0 Å². The first-order valence-electron chi connectivity index (χ1n) is 5.14. The molecule has 0 heterocycles. The van der Waals surface area contributed by atoms with Gasteiger partial charge < -0.3 is 15.6 Å². The minimum atomic E-state index is -1.16. The molecule has 14 heavy (non-hydrogen) atoms. The van der Waals surface area contributed by atoms with Crippen molar-refractivity contribution in [2.45, 2.75) is 44.8 Å². The van der Waals surface area contributed by atoms with Crippen molar-refractivity contribution in [3.63, 3.8) is 0 Å². The predicted molar refractivity (Wildman–Crippen MR) is 53.0 cm³/mol. The van der Waals surface area contributed by atoms with Gasteiger partial charge in [-0.3, -0.25) is 4.79 Å². The van der Waals surface area contributed by atoms with Crippen LogP contribution in [0.1, 0.15) is 33.1 Å². The highest BCUT2D eigenvalue weighted by Crippen LogP contribution is 2.38. The van der Waals surface area contributed by atoms with Crippen molar-refractivity contribution in [2.24, 2.45) is 11.7 Å². The molecule has 0 amide bonds. The second kappa shape index (κ2) is 4.28. The third-order valence-electron chi connectivity index (χ3n) is 2.89. The smallest absolute Gasteiger partial charge is 0.326 e. The molecule has 0 aromatic rings. The number of hydrogen-bond donors (Lipinski definition) is 2. The van der Waals surface area contributed by atoms with Crippen molar-refractivity contribution in [3.05, 3.63) is 0 Å². The van der Waals surface area contributed by atoms with Gasteiger partial charge in [0.25, 0.3) is 0 Å². The average molecular weight is 201 g/mol. The predicted octanol–water partition coefficient (Wildman–Crippen LogP) is 0.994. The summed E-state index contributed by atoms with van der Waals surface area (Å²) < 4.78 is 5.41. The molecule has 1 aliphatic rings. The molecule has 1 fully saturated rings. The summed E-state index contributed by atoms with van der Waals surface area (Å²) in [5.41, 5.74) is 4.66. The maximum atomic E-state index is 11.0. The summed E-state index contributed by atoms with van der Waals surface area (Å²) in [6.45, 7) is 4.05. The Bertz CT molecular complexity index is 215. The molecule has 2 unspecified atom stereocenters. The first-order valence-corrected chi connectivity index (χ1v) is 5.14. The lowest BCUT2D eigenvalue weighted by molar-refractivity contribution is -0.147. The van der Waals surface area contributed by atoms with E-state index in [4.69, 9.17) is 15.6 Å². The third-order valence-corrected chi connectivity index (χ3v) is 2.89. The van der Waals surface area contributed by atoms with Crippen LogP contribution in [0.15, 0.2) is 0 Å². The monoisotopic (exact) mass is 201 g/mol. The van der Waals surface area contributed by atoms with Gasteiger partial charge in [0.2, 0.25) is 0 Å². The molecule has 82 valence electrons. The van der Waals surface area contributed by atoms with E-state index in [1.165, 1.54) is 0 Å². The van der Waals surface area contributed by atoms with E-state index in [0.29, 0.717) is 0 Å². The fourth-order valence-electron chi connectivity index (χ4n) is 1.35. The summed E-state index contributed by atoms with van der Waals surface area (Å²) >= 11 is 0. The van der Waals surface area contributed by atoms with Crippen molar-refractivity contribution in [3.8, 4) is 0 Å². The first kappa shape index (κ1) is 11.5. The van der Waals surface area contributed by atoms with Gasteiger partial charge in [0.05, 0.1) is 12.7 Å². The molecule has 0 spiro atoms. The topological polar surface area (TPSA) is 72.5 Å². The summed E-state index contributed by atoms with van der Waals surface area (Å²) in [6, 6.07) is 0. The maximum absolute atomic E-state index is 11.0. The van der Waals surface area contributed by atoms with Crippen molar-refractivity contribution in [2.75, 3.05) is 6.61 Å². The number of ether oxygens (including phenoxy) is 1. The highest BCUT2D eigenvalue weighted by molar-refractivity contribution is 5.79. The lowest BCUT2D eigenvalue weighted by Crippen LogP contribution is -2.54. The van der Waals surface area contributed by atoms with Crippen LogP contribution in [0.25, 0.3) is 0 Å². The van der Waals surface area contributed by atoms with E-state index in [0.717, 1.165) is 19.3 Å². The second-order valence-corrected chi connectivity index (χ2v) is 4.15. The van der Waals surface area contributed by atoms with Gasteiger partial charge in [-0.2, -0.15) is 0 Å². The molecule has 0 bridgehead atoms. The van der Waals surface area contributed by atoms with Crippen molar-refractivity contribution in [1.82, 2.24) is 0 Å². The Morgan fingerprint density at radius 3 is 2.64 bits per heavy atom. The number of aliphatic carboxylic acids is 1. The Morgan fingerprint density at radius 1 is 1.71 bits per heavy atom. The molecule has 0 aliphatic heterocycles. The number of rotatable bonds is 6. The Balaban J connectivity index is 2.47. The fourth-order valence-corrected chi connectivity index (χ4v) is 1.35. The lowest BCUT2D eigenvalue weighted by atomic mass is 9.96. The number of carbonyl (C=O) groups is 1. The summed E-state index contributed by atoms with van der Waals surface area (Å²) in [4.78, 5) is 11.0. The summed E-state index contributed by atoms with van der Waals surface area (Å²) in [7, 11) is 0. The molecule has 3 N–H and O–H groups in total. The number of nitrogens with two attached hydrogens (primary N) is 1. The molecule has 2 atom stereocenters. The summed E-state index contributed by atoms with van der Waals surface area (Å²) in [5, 5.41) is 9.02. The zero-order chi connectivity index (χ0) is 10.8. The van der Waals surface area contributed by atoms with Gasteiger partial charge in [0.15, 0.2) is 0 Å². The number of carboxylic acid groups (broad SMARTS) is 1. The Morgan fingerprint density at radius 2 is 2.29 bits per heavy atom. The van der Waals surface area contributed by atoms with Crippen LogP contribution >= 0.6 is 0 Å². The van der Waals surface area contributed by atoms with Crippen molar-refractivity contribution >= 4 is 5.97 Å². The van der Waals surface area contributed by atoms with Crippen molar-refractivity contribution < 1.29 is 14.6 Å². The normalized spacial score (nSPS) is 22.8. The molecular formula is C10H19NO3. The summed E-state index contributed by atoms with van der Waals surface area (Å²) in [6.07, 6.45) is 2.77. The average Bonchev–Trinajstić information content (AvgIpc) is 2.96. The third kappa shape index (κ3) is 2.45. The van der Waals surface area contributed by atoms with E-state index in [9.17, 15) is 4.79 Å². The molecule has 0 aromatic carbocycles. The molecule has 0 radical (unpaired) electrons. The molecule has 4 heteroatoms. The first-order chi connectivity index (χ1) is 6.50. The van der Waals surface area contributed by atoms with E-state index < -0.39 is 11.5 Å². The lowest BCUT2D eigenvalue weighted by Gasteiger charge is -2.25. The Hall–Kier alpha value is -0.610. The van der Waals surface area contributed by atoms with Crippen LogP contribution in [0, 0.1) is 5.92 Å². The van der Waals surface area contributed by atoms with Crippen LogP contribution in [-0.2, 0) is 9.53 Å². The van der Waals surface area contributed by atoms with E-state index in [-0.39, 0.29) is 18.6 Å². The van der Waals surface area contributed by atoms with Crippen molar-refractivity contribution in [1.29, 1.82) is 0 Å². The van der Waals surface area contributed by atoms with Crippen LogP contribution in [-0.4, -0.2) is 29.3 Å². The zero-order valence-corrected chi connectivity index (χ0v) is 8.82. The standard InChI is InChI=1S/C10H19NO3/c1-3-7(2)14-6-10(11,9(12)13)8-4-5-8/h7-8H,3-6,11H2,1-2H3,(H,12,13).